The molecule has 1 saturated heterocycles. The van der Waals surface area contributed by atoms with E-state index in [2.05, 4.69) is 38.8 Å². The molecule has 0 aliphatic carbocycles. The van der Waals surface area contributed by atoms with Gasteiger partial charge in [-0.2, -0.15) is 9.97 Å². The van der Waals surface area contributed by atoms with Gasteiger partial charge in [-0.1, -0.05) is 31.1 Å². The topological polar surface area (TPSA) is 71.4 Å². The average Bonchev–Trinajstić information content (AvgIpc) is 3.22. The van der Waals surface area contributed by atoms with Gasteiger partial charge >= 0.3 is 0 Å². The summed E-state index contributed by atoms with van der Waals surface area (Å²) in [5.41, 5.74) is 1.74. The van der Waals surface area contributed by atoms with Crippen molar-refractivity contribution in [3.8, 4) is 0 Å². The van der Waals surface area contributed by atoms with E-state index in [9.17, 15) is 0 Å². The zero-order chi connectivity index (χ0) is 16.5. The molecule has 1 aromatic carbocycles. The molecule has 0 unspecified atom stereocenters. The number of fused-ring (bicyclic) bond motifs is 1. The van der Waals surface area contributed by atoms with Gasteiger partial charge in [0.1, 0.15) is 5.52 Å². The van der Waals surface area contributed by atoms with E-state index in [1.54, 1.807) is 0 Å². The van der Waals surface area contributed by atoms with Crippen molar-refractivity contribution in [2.24, 2.45) is 0 Å². The van der Waals surface area contributed by atoms with Gasteiger partial charge in [0, 0.05) is 32.1 Å². The van der Waals surface area contributed by atoms with Crippen molar-refractivity contribution in [3.05, 3.63) is 36.0 Å². The molecule has 0 amide bonds. The van der Waals surface area contributed by atoms with Gasteiger partial charge in [-0.3, -0.25) is 4.90 Å². The second kappa shape index (κ2) is 6.24. The van der Waals surface area contributed by atoms with E-state index in [1.165, 1.54) is 0 Å². The van der Waals surface area contributed by atoms with Crippen LogP contribution in [0.25, 0.3) is 11.1 Å². The zero-order valence-corrected chi connectivity index (χ0v) is 14.0. The fourth-order valence-electron chi connectivity index (χ4n) is 2.85. The average molecular weight is 327 g/mol. The Kier molecular flexibility index (Phi) is 3.93. The van der Waals surface area contributed by atoms with Crippen LogP contribution < -0.4 is 4.90 Å². The molecule has 7 heteroatoms. The maximum Gasteiger partial charge on any atom is 0.298 e. The fourth-order valence-corrected chi connectivity index (χ4v) is 2.85. The largest absolute Gasteiger partial charge is 0.423 e. The summed E-state index contributed by atoms with van der Waals surface area (Å²) < 4.78 is 11.2. The number of nitrogens with zero attached hydrogens (tertiary/aromatic N) is 5. The second-order valence-electron chi connectivity index (χ2n) is 6.43. The Morgan fingerprint density at radius 3 is 2.58 bits per heavy atom. The predicted molar refractivity (Wildman–Crippen MR) is 89.9 cm³/mol. The standard InChI is InChI=1S/C17H21N5O2/c1-12(2)16-19-15(24-20-16)11-21-7-9-22(10-8-21)17-18-13-5-3-4-6-14(13)23-17/h3-6,12H,7-11H2,1-2H3. The first-order valence-electron chi connectivity index (χ1n) is 8.34. The van der Waals surface area contributed by atoms with E-state index < -0.39 is 0 Å². The Labute approximate surface area is 140 Å². The number of hydrogen-bond acceptors (Lipinski definition) is 7. The van der Waals surface area contributed by atoms with Crippen LogP contribution in [0.1, 0.15) is 31.5 Å². The van der Waals surface area contributed by atoms with E-state index in [0.717, 1.165) is 43.1 Å². The third kappa shape index (κ3) is 2.99. The summed E-state index contributed by atoms with van der Waals surface area (Å²) in [6.45, 7) is 8.40. The van der Waals surface area contributed by atoms with Crippen LogP contribution in [0.2, 0.25) is 0 Å². The predicted octanol–water partition coefficient (Wildman–Crippen LogP) is 2.66. The van der Waals surface area contributed by atoms with Crippen LogP contribution in [-0.2, 0) is 6.54 Å². The molecule has 0 radical (unpaired) electrons. The smallest absolute Gasteiger partial charge is 0.298 e. The lowest BCUT2D eigenvalue weighted by Gasteiger charge is -2.32. The molecule has 1 aliphatic heterocycles. The molecule has 0 atom stereocenters. The third-order valence-electron chi connectivity index (χ3n) is 4.28. The van der Waals surface area contributed by atoms with Crippen molar-refractivity contribution in [2.75, 3.05) is 31.1 Å². The number of aromatic nitrogens is 3. The lowest BCUT2D eigenvalue weighted by Crippen LogP contribution is -2.46. The Balaban J connectivity index is 1.37. The molecule has 2 aromatic heterocycles. The Morgan fingerprint density at radius 1 is 1.08 bits per heavy atom. The van der Waals surface area contributed by atoms with Crippen molar-refractivity contribution in [1.82, 2.24) is 20.0 Å². The summed E-state index contributed by atoms with van der Waals surface area (Å²) in [4.78, 5) is 13.5. The molecule has 1 fully saturated rings. The number of rotatable bonds is 4. The van der Waals surface area contributed by atoms with Crippen molar-refractivity contribution in [3.63, 3.8) is 0 Å². The minimum atomic E-state index is 0.290. The molecule has 126 valence electrons. The van der Waals surface area contributed by atoms with Crippen molar-refractivity contribution in [1.29, 1.82) is 0 Å². The van der Waals surface area contributed by atoms with Gasteiger partial charge in [0.25, 0.3) is 6.01 Å². The third-order valence-corrected chi connectivity index (χ3v) is 4.28. The van der Waals surface area contributed by atoms with Gasteiger partial charge in [-0.15, -0.1) is 0 Å². The number of hydrogen-bond donors (Lipinski definition) is 0. The van der Waals surface area contributed by atoms with Crippen LogP contribution in [0.15, 0.2) is 33.2 Å². The molecule has 24 heavy (non-hydrogen) atoms. The zero-order valence-electron chi connectivity index (χ0n) is 14.0. The first kappa shape index (κ1) is 15.1. The molecule has 3 aromatic rings. The minimum Gasteiger partial charge on any atom is -0.423 e. The molecular weight excluding hydrogens is 306 g/mol. The van der Waals surface area contributed by atoms with E-state index in [1.807, 2.05) is 24.3 Å². The molecule has 7 nitrogen and oxygen atoms in total. The summed E-state index contributed by atoms with van der Waals surface area (Å²) >= 11 is 0. The molecule has 0 N–H and O–H groups in total. The van der Waals surface area contributed by atoms with E-state index in [4.69, 9.17) is 8.94 Å². The molecule has 0 saturated carbocycles. The number of oxazole rings is 1. The van der Waals surface area contributed by atoms with Crippen molar-refractivity contribution in [2.45, 2.75) is 26.3 Å². The highest BCUT2D eigenvalue weighted by Crippen LogP contribution is 2.22. The quantitative estimate of drug-likeness (QED) is 0.729. The monoisotopic (exact) mass is 327 g/mol. The normalized spacial score (nSPS) is 16.4. The SMILES string of the molecule is CC(C)c1noc(CN2CCN(c3nc4ccccc4o3)CC2)n1. The summed E-state index contributed by atoms with van der Waals surface area (Å²) in [6, 6.07) is 8.56. The molecule has 3 heterocycles. The maximum atomic E-state index is 5.85. The summed E-state index contributed by atoms with van der Waals surface area (Å²) in [6.07, 6.45) is 0. The van der Waals surface area contributed by atoms with E-state index in [0.29, 0.717) is 24.4 Å². The van der Waals surface area contributed by atoms with E-state index in [-0.39, 0.29) is 0 Å². The van der Waals surface area contributed by atoms with Crippen LogP contribution >= 0.6 is 0 Å². The molecule has 0 bridgehead atoms. The van der Waals surface area contributed by atoms with Gasteiger partial charge < -0.3 is 13.8 Å². The van der Waals surface area contributed by atoms with Gasteiger partial charge in [-0.05, 0) is 12.1 Å². The highest BCUT2D eigenvalue weighted by molar-refractivity contribution is 5.74. The molecular formula is C17H21N5O2. The van der Waals surface area contributed by atoms with Crippen molar-refractivity contribution < 1.29 is 8.94 Å². The van der Waals surface area contributed by atoms with Crippen molar-refractivity contribution >= 4 is 17.1 Å². The van der Waals surface area contributed by atoms with E-state index >= 15 is 0 Å². The minimum absolute atomic E-state index is 0.290. The molecule has 0 spiro atoms. The van der Waals surface area contributed by atoms with Crippen LogP contribution in [0.3, 0.4) is 0 Å². The lowest BCUT2D eigenvalue weighted by molar-refractivity contribution is 0.212. The Morgan fingerprint density at radius 2 is 1.88 bits per heavy atom. The lowest BCUT2D eigenvalue weighted by atomic mass is 10.2. The highest BCUT2D eigenvalue weighted by atomic mass is 16.5. The van der Waals surface area contributed by atoms with Crippen LogP contribution in [0.4, 0.5) is 6.01 Å². The second-order valence-corrected chi connectivity index (χ2v) is 6.43. The molecule has 4 rings (SSSR count). The maximum absolute atomic E-state index is 5.85. The number of benzene rings is 1. The van der Waals surface area contributed by atoms with Crippen LogP contribution in [-0.4, -0.2) is 46.2 Å². The Hall–Kier alpha value is -2.41. The summed E-state index contributed by atoms with van der Waals surface area (Å²) in [7, 11) is 0. The number of para-hydroxylation sites is 2. The van der Waals surface area contributed by atoms with Gasteiger partial charge in [-0.25, -0.2) is 0 Å². The first-order valence-corrected chi connectivity index (χ1v) is 8.34. The fraction of sp³-hybridized carbons (Fsp3) is 0.471. The number of anilines is 1. The van der Waals surface area contributed by atoms with Gasteiger partial charge in [0.15, 0.2) is 11.4 Å². The highest BCUT2D eigenvalue weighted by Gasteiger charge is 2.22. The Bertz CT molecular complexity index is 784. The molecule has 1 aliphatic rings. The summed E-state index contributed by atoms with van der Waals surface area (Å²) in [5, 5.41) is 4.02. The van der Waals surface area contributed by atoms with Crippen LogP contribution in [0, 0.1) is 0 Å². The van der Waals surface area contributed by atoms with Gasteiger partial charge in [0.2, 0.25) is 5.89 Å². The summed E-state index contributed by atoms with van der Waals surface area (Å²) in [5.74, 6) is 1.75. The first-order chi connectivity index (χ1) is 11.7. The van der Waals surface area contributed by atoms with Gasteiger partial charge in [0.05, 0.1) is 6.54 Å². The number of piperazine rings is 1. The van der Waals surface area contributed by atoms with Crippen LogP contribution in [0.5, 0.6) is 0 Å².